The first-order valence-corrected chi connectivity index (χ1v) is 7.36. The molecule has 3 rings (SSSR count). The number of benzene rings is 2. The van der Waals surface area contributed by atoms with E-state index < -0.39 is 0 Å². The molecule has 0 unspecified atom stereocenters. The molecule has 6 heteroatoms. The molecule has 22 heavy (non-hydrogen) atoms. The zero-order chi connectivity index (χ0) is 15.4. The van der Waals surface area contributed by atoms with Crippen LogP contribution in [0.15, 0.2) is 65.4 Å². The molecule has 0 atom stereocenters. The maximum atomic E-state index is 13.2. The van der Waals surface area contributed by atoms with Gasteiger partial charge in [-0.25, -0.2) is 14.4 Å². The van der Waals surface area contributed by atoms with Crippen molar-refractivity contribution in [3.05, 3.63) is 71.2 Å². The fourth-order valence-corrected chi connectivity index (χ4v) is 2.29. The normalized spacial score (nSPS) is 10.3. The van der Waals surface area contributed by atoms with Crippen LogP contribution in [0.4, 0.5) is 27.4 Å². The molecule has 1 aromatic heterocycles. The van der Waals surface area contributed by atoms with Gasteiger partial charge in [0.25, 0.3) is 0 Å². The summed E-state index contributed by atoms with van der Waals surface area (Å²) in [6, 6.07) is 15.7. The number of hydrogen-bond donors (Lipinski definition) is 2. The molecule has 0 saturated carbocycles. The Hall–Kier alpha value is -2.47. The fraction of sp³-hybridized carbons (Fsp3) is 0. The topological polar surface area (TPSA) is 49.8 Å². The molecule has 2 N–H and O–H groups in total. The predicted molar refractivity (Wildman–Crippen MR) is 89.1 cm³/mol. The molecule has 4 nitrogen and oxygen atoms in total. The number of hydrogen-bond acceptors (Lipinski definition) is 4. The highest BCUT2D eigenvalue weighted by atomic mass is 79.9. The van der Waals surface area contributed by atoms with Gasteiger partial charge in [0.15, 0.2) is 0 Å². The van der Waals surface area contributed by atoms with Crippen molar-refractivity contribution in [2.45, 2.75) is 0 Å². The average Bonchev–Trinajstić information content (AvgIpc) is 2.50. The Morgan fingerprint density at radius 1 is 0.864 bits per heavy atom. The second kappa shape index (κ2) is 6.53. The molecule has 3 aromatic rings. The molecule has 0 bridgehead atoms. The summed E-state index contributed by atoms with van der Waals surface area (Å²) in [5, 5.41) is 6.24. The third kappa shape index (κ3) is 3.59. The lowest BCUT2D eigenvalue weighted by Crippen LogP contribution is -1.99. The van der Waals surface area contributed by atoms with Gasteiger partial charge in [0, 0.05) is 16.2 Å². The molecule has 0 aliphatic carbocycles. The summed E-state index contributed by atoms with van der Waals surface area (Å²) < 4.78 is 14.1. The van der Waals surface area contributed by atoms with Gasteiger partial charge >= 0.3 is 0 Å². The molecule has 0 aliphatic heterocycles. The summed E-state index contributed by atoms with van der Waals surface area (Å²) in [6.07, 6.45) is 1.45. The summed E-state index contributed by atoms with van der Waals surface area (Å²) in [4.78, 5) is 8.31. The van der Waals surface area contributed by atoms with E-state index in [-0.39, 0.29) is 5.82 Å². The lowest BCUT2D eigenvalue weighted by atomic mass is 10.3. The molecule has 2 aromatic carbocycles. The van der Waals surface area contributed by atoms with Crippen LogP contribution in [0, 0.1) is 5.82 Å². The number of nitrogens with zero attached hydrogens (tertiary/aromatic N) is 2. The van der Waals surface area contributed by atoms with E-state index in [9.17, 15) is 4.39 Å². The van der Waals surface area contributed by atoms with Crippen LogP contribution >= 0.6 is 15.9 Å². The summed E-state index contributed by atoms with van der Waals surface area (Å²) in [5.41, 5.74) is 1.53. The van der Waals surface area contributed by atoms with E-state index in [2.05, 4.69) is 36.5 Å². The van der Waals surface area contributed by atoms with E-state index in [1.54, 1.807) is 18.2 Å². The van der Waals surface area contributed by atoms with E-state index in [0.717, 1.165) is 10.2 Å². The van der Waals surface area contributed by atoms with Crippen LogP contribution in [0.3, 0.4) is 0 Å². The molecule has 0 fully saturated rings. The molecule has 0 amide bonds. The third-order valence-corrected chi connectivity index (χ3v) is 3.59. The molecule has 0 spiro atoms. The van der Waals surface area contributed by atoms with Gasteiger partial charge in [-0.05, 0) is 46.3 Å². The first-order chi connectivity index (χ1) is 10.7. The molecular formula is C16H12BrFN4. The maximum absolute atomic E-state index is 13.2. The number of halogens is 2. The van der Waals surface area contributed by atoms with Gasteiger partial charge < -0.3 is 10.6 Å². The average molecular weight is 359 g/mol. The van der Waals surface area contributed by atoms with Crippen LogP contribution < -0.4 is 10.6 Å². The van der Waals surface area contributed by atoms with Crippen LogP contribution in [0.25, 0.3) is 0 Å². The lowest BCUT2D eigenvalue weighted by Gasteiger charge is -2.09. The third-order valence-electron chi connectivity index (χ3n) is 2.90. The predicted octanol–water partition coefficient (Wildman–Crippen LogP) is 4.87. The van der Waals surface area contributed by atoms with Gasteiger partial charge in [-0.15, -0.1) is 0 Å². The summed E-state index contributed by atoms with van der Waals surface area (Å²) in [6.45, 7) is 0. The SMILES string of the molecule is Fc1cccc(Nc2cc(Nc3ccccc3Br)ncn2)c1. The summed E-state index contributed by atoms with van der Waals surface area (Å²) in [7, 11) is 0. The van der Waals surface area contributed by atoms with Gasteiger partial charge in [-0.1, -0.05) is 18.2 Å². The molecule has 0 aliphatic rings. The van der Waals surface area contributed by atoms with Crippen LogP contribution in [0.5, 0.6) is 0 Å². The first kappa shape index (κ1) is 14.5. The van der Waals surface area contributed by atoms with E-state index in [0.29, 0.717) is 17.3 Å². The molecule has 110 valence electrons. The zero-order valence-electron chi connectivity index (χ0n) is 11.4. The zero-order valence-corrected chi connectivity index (χ0v) is 13.0. The minimum Gasteiger partial charge on any atom is -0.340 e. The largest absolute Gasteiger partial charge is 0.340 e. The van der Waals surface area contributed by atoms with Crippen molar-refractivity contribution < 1.29 is 4.39 Å². The fourth-order valence-electron chi connectivity index (χ4n) is 1.91. The van der Waals surface area contributed by atoms with E-state index in [1.165, 1.54) is 18.5 Å². The highest BCUT2D eigenvalue weighted by Gasteiger charge is 2.03. The lowest BCUT2D eigenvalue weighted by molar-refractivity contribution is 0.628. The number of nitrogens with one attached hydrogen (secondary N) is 2. The van der Waals surface area contributed by atoms with Crippen molar-refractivity contribution >= 4 is 38.9 Å². The first-order valence-electron chi connectivity index (χ1n) is 6.57. The Bertz CT molecular complexity index is 794. The second-order valence-corrected chi connectivity index (χ2v) is 5.38. The summed E-state index contributed by atoms with van der Waals surface area (Å²) >= 11 is 3.47. The van der Waals surface area contributed by atoms with E-state index >= 15 is 0 Å². The molecule has 0 saturated heterocycles. The van der Waals surface area contributed by atoms with Crippen molar-refractivity contribution in [3.63, 3.8) is 0 Å². The van der Waals surface area contributed by atoms with Crippen molar-refractivity contribution in [1.29, 1.82) is 0 Å². The molecule has 1 heterocycles. The summed E-state index contributed by atoms with van der Waals surface area (Å²) in [5.74, 6) is 0.918. The van der Waals surface area contributed by atoms with E-state index in [1.807, 2.05) is 24.3 Å². The van der Waals surface area contributed by atoms with Gasteiger partial charge in [0.2, 0.25) is 0 Å². The Labute approximate surface area is 135 Å². The second-order valence-electron chi connectivity index (χ2n) is 4.53. The minimum atomic E-state index is -0.300. The van der Waals surface area contributed by atoms with Crippen molar-refractivity contribution in [2.24, 2.45) is 0 Å². The standard InChI is InChI=1S/C16H12BrFN4/c17-13-6-1-2-7-14(13)22-16-9-15(19-10-20-16)21-12-5-3-4-11(18)8-12/h1-10H,(H2,19,20,21,22). The van der Waals surface area contributed by atoms with Gasteiger partial charge in [-0.2, -0.15) is 0 Å². The highest BCUT2D eigenvalue weighted by molar-refractivity contribution is 9.10. The van der Waals surface area contributed by atoms with Crippen molar-refractivity contribution in [3.8, 4) is 0 Å². The smallest absolute Gasteiger partial charge is 0.135 e. The van der Waals surface area contributed by atoms with Crippen molar-refractivity contribution in [1.82, 2.24) is 9.97 Å². The Morgan fingerprint density at radius 2 is 1.64 bits per heavy atom. The highest BCUT2D eigenvalue weighted by Crippen LogP contribution is 2.25. The molecule has 0 radical (unpaired) electrons. The van der Waals surface area contributed by atoms with Crippen LogP contribution in [-0.2, 0) is 0 Å². The van der Waals surface area contributed by atoms with Gasteiger partial charge in [0.1, 0.15) is 23.8 Å². The Kier molecular flexibility index (Phi) is 4.29. The quantitative estimate of drug-likeness (QED) is 0.698. The Morgan fingerprint density at radius 3 is 2.41 bits per heavy atom. The monoisotopic (exact) mass is 358 g/mol. The number of para-hydroxylation sites is 1. The number of rotatable bonds is 4. The molecular weight excluding hydrogens is 347 g/mol. The maximum Gasteiger partial charge on any atom is 0.135 e. The number of aromatic nitrogens is 2. The van der Waals surface area contributed by atoms with Gasteiger partial charge in [0.05, 0.1) is 5.69 Å². The van der Waals surface area contributed by atoms with E-state index in [4.69, 9.17) is 0 Å². The van der Waals surface area contributed by atoms with Crippen LogP contribution in [0.2, 0.25) is 0 Å². The van der Waals surface area contributed by atoms with Crippen molar-refractivity contribution in [2.75, 3.05) is 10.6 Å². The number of anilines is 4. The Balaban J connectivity index is 1.79. The van der Waals surface area contributed by atoms with Crippen LogP contribution in [-0.4, -0.2) is 9.97 Å². The van der Waals surface area contributed by atoms with Crippen LogP contribution in [0.1, 0.15) is 0 Å². The minimum absolute atomic E-state index is 0.300. The van der Waals surface area contributed by atoms with Gasteiger partial charge in [-0.3, -0.25) is 0 Å².